The Kier molecular flexibility index (Phi) is 4.65. The lowest BCUT2D eigenvalue weighted by Crippen LogP contribution is -2.43. The number of benzene rings is 1. The first-order valence-electron chi connectivity index (χ1n) is 7.61. The lowest BCUT2D eigenvalue weighted by atomic mass is 9.97. The molecule has 2 aliphatic rings. The molecule has 3 rings (SSSR count). The van der Waals surface area contributed by atoms with E-state index in [1.54, 1.807) is 12.1 Å². The van der Waals surface area contributed by atoms with Crippen molar-refractivity contribution in [2.75, 3.05) is 39.3 Å². The first-order valence-corrected chi connectivity index (χ1v) is 7.61. The Morgan fingerprint density at radius 1 is 1.30 bits per heavy atom. The SMILES string of the molecule is Fc1cccc(C2CN(CC3CCNCC3)CCO2)c1. The van der Waals surface area contributed by atoms with Gasteiger partial charge in [-0.05, 0) is 49.5 Å². The molecule has 1 aromatic carbocycles. The van der Waals surface area contributed by atoms with Crippen molar-refractivity contribution >= 4 is 0 Å². The second-order valence-corrected chi connectivity index (χ2v) is 5.87. The summed E-state index contributed by atoms with van der Waals surface area (Å²) in [5.74, 6) is 0.615. The van der Waals surface area contributed by atoms with Crippen LogP contribution >= 0.6 is 0 Å². The van der Waals surface area contributed by atoms with E-state index in [-0.39, 0.29) is 11.9 Å². The predicted molar refractivity (Wildman–Crippen MR) is 77.1 cm³/mol. The number of nitrogens with zero attached hydrogens (tertiary/aromatic N) is 1. The number of ether oxygens (including phenoxy) is 1. The molecule has 4 heteroatoms. The number of rotatable bonds is 3. The Bertz CT molecular complexity index is 434. The van der Waals surface area contributed by atoms with Gasteiger partial charge >= 0.3 is 0 Å². The fraction of sp³-hybridized carbons (Fsp3) is 0.625. The van der Waals surface area contributed by atoms with Gasteiger partial charge in [-0.1, -0.05) is 12.1 Å². The van der Waals surface area contributed by atoms with E-state index in [1.807, 2.05) is 6.07 Å². The Morgan fingerprint density at radius 2 is 2.15 bits per heavy atom. The molecule has 1 unspecified atom stereocenters. The van der Waals surface area contributed by atoms with E-state index in [4.69, 9.17) is 4.74 Å². The Hall–Kier alpha value is -0.970. The van der Waals surface area contributed by atoms with E-state index in [0.717, 1.165) is 50.8 Å². The molecule has 0 saturated carbocycles. The van der Waals surface area contributed by atoms with Crippen molar-refractivity contribution in [3.63, 3.8) is 0 Å². The second kappa shape index (κ2) is 6.66. The summed E-state index contributed by atoms with van der Waals surface area (Å²) in [6.07, 6.45) is 2.55. The van der Waals surface area contributed by atoms with Crippen LogP contribution in [0.4, 0.5) is 4.39 Å². The zero-order chi connectivity index (χ0) is 13.8. The van der Waals surface area contributed by atoms with Crippen LogP contribution < -0.4 is 5.32 Å². The first kappa shape index (κ1) is 14.0. The van der Waals surface area contributed by atoms with E-state index in [0.29, 0.717) is 0 Å². The molecule has 3 nitrogen and oxygen atoms in total. The Morgan fingerprint density at radius 3 is 2.95 bits per heavy atom. The van der Waals surface area contributed by atoms with Gasteiger partial charge in [0.2, 0.25) is 0 Å². The van der Waals surface area contributed by atoms with E-state index >= 15 is 0 Å². The minimum absolute atomic E-state index is 0.0150. The van der Waals surface area contributed by atoms with Gasteiger partial charge in [0.05, 0.1) is 12.7 Å². The van der Waals surface area contributed by atoms with Crippen molar-refractivity contribution in [2.45, 2.75) is 18.9 Å². The quantitative estimate of drug-likeness (QED) is 0.917. The zero-order valence-corrected chi connectivity index (χ0v) is 11.9. The highest BCUT2D eigenvalue weighted by Gasteiger charge is 2.24. The highest BCUT2D eigenvalue weighted by molar-refractivity contribution is 5.19. The van der Waals surface area contributed by atoms with Gasteiger partial charge in [-0.25, -0.2) is 4.39 Å². The average molecular weight is 278 g/mol. The third-order valence-corrected chi connectivity index (χ3v) is 4.35. The van der Waals surface area contributed by atoms with Gasteiger partial charge in [-0.15, -0.1) is 0 Å². The maximum absolute atomic E-state index is 13.3. The Labute approximate surface area is 120 Å². The number of hydrogen-bond acceptors (Lipinski definition) is 3. The molecule has 20 heavy (non-hydrogen) atoms. The lowest BCUT2D eigenvalue weighted by Gasteiger charge is -2.36. The van der Waals surface area contributed by atoms with Crippen LogP contribution in [0.15, 0.2) is 24.3 Å². The van der Waals surface area contributed by atoms with E-state index < -0.39 is 0 Å². The summed E-state index contributed by atoms with van der Waals surface area (Å²) in [5.41, 5.74) is 0.958. The minimum Gasteiger partial charge on any atom is -0.371 e. The summed E-state index contributed by atoms with van der Waals surface area (Å²) in [5, 5.41) is 3.41. The zero-order valence-electron chi connectivity index (χ0n) is 11.9. The molecule has 0 spiro atoms. The molecule has 1 N–H and O–H groups in total. The van der Waals surface area contributed by atoms with Gasteiger partial charge in [-0.3, -0.25) is 4.90 Å². The van der Waals surface area contributed by atoms with Gasteiger partial charge < -0.3 is 10.1 Å². The first-order chi connectivity index (χ1) is 9.81. The second-order valence-electron chi connectivity index (χ2n) is 5.87. The largest absolute Gasteiger partial charge is 0.371 e. The van der Waals surface area contributed by atoms with Crippen LogP contribution in [0.2, 0.25) is 0 Å². The van der Waals surface area contributed by atoms with Crippen LogP contribution in [0.5, 0.6) is 0 Å². The lowest BCUT2D eigenvalue weighted by molar-refractivity contribution is -0.0357. The molecule has 2 saturated heterocycles. The van der Waals surface area contributed by atoms with Crippen molar-refractivity contribution in [2.24, 2.45) is 5.92 Å². The van der Waals surface area contributed by atoms with Crippen molar-refractivity contribution in [3.8, 4) is 0 Å². The molecule has 2 heterocycles. The summed E-state index contributed by atoms with van der Waals surface area (Å²) in [6.45, 7) is 6.05. The summed E-state index contributed by atoms with van der Waals surface area (Å²) >= 11 is 0. The van der Waals surface area contributed by atoms with Crippen LogP contribution in [0.25, 0.3) is 0 Å². The molecule has 1 aromatic rings. The van der Waals surface area contributed by atoms with E-state index in [9.17, 15) is 4.39 Å². The third-order valence-electron chi connectivity index (χ3n) is 4.35. The number of piperidine rings is 1. The molecule has 0 aromatic heterocycles. The molecule has 0 radical (unpaired) electrons. The van der Waals surface area contributed by atoms with E-state index in [2.05, 4.69) is 10.2 Å². The summed E-state index contributed by atoms with van der Waals surface area (Å²) in [6, 6.07) is 6.80. The minimum atomic E-state index is -0.179. The average Bonchev–Trinajstić information content (AvgIpc) is 2.49. The highest BCUT2D eigenvalue weighted by Crippen LogP contribution is 2.24. The molecule has 2 fully saturated rings. The molecule has 1 atom stereocenters. The van der Waals surface area contributed by atoms with Crippen molar-refractivity contribution in [3.05, 3.63) is 35.6 Å². The van der Waals surface area contributed by atoms with Gasteiger partial charge in [0.15, 0.2) is 0 Å². The molecular weight excluding hydrogens is 255 g/mol. The normalized spacial score (nSPS) is 25.8. The fourth-order valence-corrected chi connectivity index (χ4v) is 3.21. The molecule has 2 aliphatic heterocycles. The number of hydrogen-bond donors (Lipinski definition) is 1. The molecular formula is C16H23FN2O. The van der Waals surface area contributed by atoms with Crippen LogP contribution in [0, 0.1) is 11.7 Å². The summed E-state index contributed by atoms with van der Waals surface area (Å²) in [4.78, 5) is 2.48. The van der Waals surface area contributed by atoms with Crippen molar-refractivity contribution < 1.29 is 9.13 Å². The summed E-state index contributed by atoms with van der Waals surface area (Å²) in [7, 11) is 0. The van der Waals surface area contributed by atoms with Crippen LogP contribution in [-0.2, 0) is 4.74 Å². The monoisotopic (exact) mass is 278 g/mol. The van der Waals surface area contributed by atoms with Gasteiger partial charge in [0.25, 0.3) is 0 Å². The highest BCUT2D eigenvalue weighted by atomic mass is 19.1. The maximum atomic E-state index is 13.3. The molecule has 110 valence electrons. The van der Waals surface area contributed by atoms with Gasteiger partial charge in [-0.2, -0.15) is 0 Å². The topological polar surface area (TPSA) is 24.5 Å². The molecule has 0 aliphatic carbocycles. The molecule has 0 amide bonds. The maximum Gasteiger partial charge on any atom is 0.123 e. The fourth-order valence-electron chi connectivity index (χ4n) is 3.21. The summed E-state index contributed by atoms with van der Waals surface area (Å²) < 4.78 is 19.1. The van der Waals surface area contributed by atoms with Gasteiger partial charge in [0, 0.05) is 19.6 Å². The standard InChI is InChI=1S/C16H23FN2O/c17-15-3-1-2-14(10-15)16-12-19(8-9-20-16)11-13-4-6-18-7-5-13/h1-3,10,13,16,18H,4-9,11-12H2. The molecule has 0 bridgehead atoms. The number of morpholine rings is 1. The van der Waals surface area contributed by atoms with Gasteiger partial charge in [0.1, 0.15) is 5.82 Å². The van der Waals surface area contributed by atoms with Crippen molar-refractivity contribution in [1.29, 1.82) is 0 Å². The third kappa shape index (κ3) is 3.57. The number of halogens is 1. The predicted octanol–water partition coefficient (Wildman–Crippen LogP) is 2.20. The van der Waals surface area contributed by atoms with Crippen LogP contribution in [0.3, 0.4) is 0 Å². The number of nitrogens with one attached hydrogen (secondary N) is 1. The van der Waals surface area contributed by atoms with Crippen molar-refractivity contribution in [1.82, 2.24) is 10.2 Å². The smallest absolute Gasteiger partial charge is 0.123 e. The van der Waals surface area contributed by atoms with E-state index in [1.165, 1.54) is 18.9 Å². The van der Waals surface area contributed by atoms with Crippen LogP contribution in [-0.4, -0.2) is 44.2 Å². The van der Waals surface area contributed by atoms with Crippen LogP contribution in [0.1, 0.15) is 24.5 Å². The Balaban J connectivity index is 1.58.